The van der Waals surface area contributed by atoms with Crippen LogP contribution in [0, 0.1) is 0 Å². The summed E-state index contributed by atoms with van der Waals surface area (Å²) in [7, 11) is 3.40. The third kappa shape index (κ3) is 3.04. The summed E-state index contributed by atoms with van der Waals surface area (Å²) in [5.74, 6) is 2.63. The number of hydrogen-bond acceptors (Lipinski definition) is 5. The van der Waals surface area contributed by atoms with E-state index >= 15 is 0 Å². The molecule has 1 unspecified atom stereocenters. The number of methoxy groups -OCH3 is 2. The molecule has 1 aliphatic rings. The second kappa shape index (κ2) is 6.75. The summed E-state index contributed by atoms with van der Waals surface area (Å²) in [6.07, 6.45) is 5.85. The molecular weight excluding hydrogens is 278 g/mol. The van der Waals surface area contributed by atoms with E-state index in [1.165, 1.54) is 5.56 Å². The van der Waals surface area contributed by atoms with Gasteiger partial charge < -0.3 is 9.47 Å². The van der Waals surface area contributed by atoms with Crippen molar-refractivity contribution in [1.82, 2.24) is 14.9 Å². The fourth-order valence-corrected chi connectivity index (χ4v) is 3.06. The lowest BCUT2D eigenvalue weighted by atomic mass is 10.0. The Morgan fingerprint density at radius 3 is 2.73 bits per heavy atom. The largest absolute Gasteiger partial charge is 0.497 e. The zero-order chi connectivity index (χ0) is 15.4. The molecule has 1 atom stereocenters. The minimum Gasteiger partial charge on any atom is -0.497 e. The van der Waals surface area contributed by atoms with Crippen molar-refractivity contribution in [3.05, 3.63) is 48.0 Å². The number of benzene rings is 1. The van der Waals surface area contributed by atoms with Gasteiger partial charge in [0.1, 0.15) is 17.3 Å². The molecule has 22 heavy (non-hydrogen) atoms. The summed E-state index contributed by atoms with van der Waals surface area (Å²) < 4.78 is 10.9. The van der Waals surface area contributed by atoms with E-state index in [0.717, 1.165) is 43.3 Å². The van der Waals surface area contributed by atoms with E-state index in [2.05, 4.69) is 20.9 Å². The Morgan fingerprint density at radius 2 is 2.00 bits per heavy atom. The maximum Gasteiger partial charge on any atom is 0.142 e. The van der Waals surface area contributed by atoms with Gasteiger partial charge in [0.15, 0.2) is 0 Å². The molecule has 5 heteroatoms. The van der Waals surface area contributed by atoms with Crippen molar-refractivity contribution in [2.45, 2.75) is 25.4 Å². The zero-order valence-electron chi connectivity index (χ0n) is 13.0. The van der Waals surface area contributed by atoms with Crippen LogP contribution in [0.4, 0.5) is 0 Å². The molecule has 0 N–H and O–H groups in total. The molecule has 0 spiro atoms. The normalized spacial score (nSPS) is 18.4. The van der Waals surface area contributed by atoms with Crippen LogP contribution in [0.3, 0.4) is 0 Å². The SMILES string of the molecule is COc1ccc(OC)c(C2CCCN2Cc2ncccn2)c1. The van der Waals surface area contributed by atoms with E-state index in [1.807, 2.05) is 18.2 Å². The average molecular weight is 299 g/mol. The topological polar surface area (TPSA) is 47.5 Å². The van der Waals surface area contributed by atoms with Gasteiger partial charge in [0, 0.05) is 24.0 Å². The summed E-state index contributed by atoms with van der Waals surface area (Å²) in [4.78, 5) is 11.1. The molecule has 0 radical (unpaired) electrons. The molecule has 1 aromatic carbocycles. The van der Waals surface area contributed by atoms with Crippen LogP contribution in [-0.4, -0.2) is 35.6 Å². The first-order chi connectivity index (χ1) is 10.8. The lowest BCUT2D eigenvalue weighted by molar-refractivity contribution is 0.236. The van der Waals surface area contributed by atoms with Crippen molar-refractivity contribution in [2.24, 2.45) is 0 Å². The number of nitrogens with zero attached hydrogens (tertiary/aromatic N) is 3. The molecule has 1 fully saturated rings. The van der Waals surface area contributed by atoms with E-state index < -0.39 is 0 Å². The summed E-state index contributed by atoms with van der Waals surface area (Å²) in [5, 5.41) is 0. The van der Waals surface area contributed by atoms with Gasteiger partial charge in [-0.2, -0.15) is 0 Å². The van der Waals surface area contributed by atoms with Gasteiger partial charge in [-0.15, -0.1) is 0 Å². The quantitative estimate of drug-likeness (QED) is 0.849. The molecule has 3 rings (SSSR count). The van der Waals surface area contributed by atoms with Gasteiger partial charge in [-0.25, -0.2) is 9.97 Å². The highest BCUT2D eigenvalue weighted by molar-refractivity contribution is 5.42. The Bertz CT molecular complexity index is 619. The van der Waals surface area contributed by atoms with Gasteiger partial charge in [0.2, 0.25) is 0 Å². The van der Waals surface area contributed by atoms with Gasteiger partial charge in [-0.3, -0.25) is 4.90 Å². The van der Waals surface area contributed by atoms with E-state index in [9.17, 15) is 0 Å². The molecule has 1 aromatic heterocycles. The second-order valence-corrected chi connectivity index (χ2v) is 5.40. The number of rotatable bonds is 5. The first kappa shape index (κ1) is 14.8. The first-order valence-corrected chi connectivity index (χ1v) is 7.53. The van der Waals surface area contributed by atoms with E-state index in [-0.39, 0.29) is 0 Å². The highest BCUT2D eigenvalue weighted by Gasteiger charge is 2.29. The predicted molar refractivity (Wildman–Crippen MR) is 84.0 cm³/mol. The molecule has 1 aliphatic heterocycles. The number of aromatic nitrogens is 2. The first-order valence-electron chi connectivity index (χ1n) is 7.53. The van der Waals surface area contributed by atoms with Crippen LogP contribution in [0.15, 0.2) is 36.7 Å². The molecule has 2 aromatic rings. The molecular formula is C17H21N3O2. The van der Waals surface area contributed by atoms with Crippen molar-refractivity contribution in [3.63, 3.8) is 0 Å². The van der Waals surface area contributed by atoms with Crippen molar-refractivity contribution < 1.29 is 9.47 Å². The summed E-state index contributed by atoms with van der Waals surface area (Å²) in [6.45, 7) is 1.80. The third-order valence-corrected chi connectivity index (χ3v) is 4.12. The van der Waals surface area contributed by atoms with E-state index in [0.29, 0.717) is 6.04 Å². The molecule has 5 nitrogen and oxygen atoms in total. The molecule has 0 aliphatic carbocycles. The minimum atomic E-state index is 0.314. The molecule has 1 saturated heterocycles. The third-order valence-electron chi connectivity index (χ3n) is 4.12. The summed E-state index contributed by atoms with van der Waals surface area (Å²) in [6, 6.07) is 8.14. The standard InChI is InChI=1S/C17H21N3O2/c1-21-13-6-7-16(22-2)14(11-13)15-5-3-10-20(15)12-17-18-8-4-9-19-17/h4,6-9,11,15H,3,5,10,12H2,1-2H3. The summed E-state index contributed by atoms with van der Waals surface area (Å²) >= 11 is 0. The van der Waals surface area contributed by atoms with Gasteiger partial charge in [-0.05, 0) is 43.7 Å². The summed E-state index contributed by atoms with van der Waals surface area (Å²) in [5.41, 5.74) is 1.18. The monoisotopic (exact) mass is 299 g/mol. The highest BCUT2D eigenvalue weighted by Crippen LogP contribution is 2.39. The Balaban J connectivity index is 1.86. The van der Waals surface area contributed by atoms with Gasteiger partial charge in [0.05, 0.1) is 20.8 Å². The van der Waals surface area contributed by atoms with Crippen LogP contribution < -0.4 is 9.47 Å². The van der Waals surface area contributed by atoms with Crippen molar-refractivity contribution >= 4 is 0 Å². The lowest BCUT2D eigenvalue weighted by Crippen LogP contribution is -2.24. The van der Waals surface area contributed by atoms with Crippen LogP contribution in [-0.2, 0) is 6.54 Å². The highest BCUT2D eigenvalue weighted by atomic mass is 16.5. The van der Waals surface area contributed by atoms with Gasteiger partial charge in [0.25, 0.3) is 0 Å². The number of hydrogen-bond donors (Lipinski definition) is 0. The predicted octanol–water partition coefficient (Wildman–Crippen LogP) is 2.83. The van der Waals surface area contributed by atoms with Crippen molar-refractivity contribution in [3.8, 4) is 11.5 Å². The Kier molecular flexibility index (Phi) is 4.53. The van der Waals surface area contributed by atoms with Crippen molar-refractivity contribution in [1.29, 1.82) is 0 Å². The minimum absolute atomic E-state index is 0.314. The Labute approximate surface area is 130 Å². The smallest absolute Gasteiger partial charge is 0.142 e. The number of ether oxygens (including phenoxy) is 2. The van der Waals surface area contributed by atoms with Crippen LogP contribution in [0.5, 0.6) is 11.5 Å². The second-order valence-electron chi connectivity index (χ2n) is 5.40. The van der Waals surface area contributed by atoms with Gasteiger partial charge in [-0.1, -0.05) is 0 Å². The van der Waals surface area contributed by atoms with Crippen LogP contribution in [0.1, 0.15) is 30.3 Å². The Morgan fingerprint density at radius 1 is 1.18 bits per heavy atom. The molecule has 0 bridgehead atoms. The van der Waals surface area contributed by atoms with E-state index in [4.69, 9.17) is 9.47 Å². The van der Waals surface area contributed by atoms with Crippen LogP contribution >= 0.6 is 0 Å². The zero-order valence-corrected chi connectivity index (χ0v) is 13.0. The maximum atomic E-state index is 5.54. The van der Waals surface area contributed by atoms with E-state index in [1.54, 1.807) is 26.6 Å². The fraction of sp³-hybridized carbons (Fsp3) is 0.412. The van der Waals surface area contributed by atoms with Gasteiger partial charge >= 0.3 is 0 Å². The maximum absolute atomic E-state index is 5.54. The molecule has 2 heterocycles. The molecule has 116 valence electrons. The number of likely N-dealkylation sites (tertiary alicyclic amines) is 1. The molecule has 0 saturated carbocycles. The van der Waals surface area contributed by atoms with Crippen LogP contribution in [0.2, 0.25) is 0 Å². The lowest BCUT2D eigenvalue weighted by Gasteiger charge is -2.25. The average Bonchev–Trinajstić information content (AvgIpc) is 3.03. The molecule has 0 amide bonds. The van der Waals surface area contributed by atoms with Crippen LogP contribution in [0.25, 0.3) is 0 Å². The fourth-order valence-electron chi connectivity index (χ4n) is 3.06. The van der Waals surface area contributed by atoms with Crippen molar-refractivity contribution in [2.75, 3.05) is 20.8 Å². The Hall–Kier alpha value is -2.14.